The first kappa shape index (κ1) is 21.0. The third-order valence-electron chi connectivity index (χ3n) is 5.48. The standard InChI is InChI=1S/C25H24N2O3S/c1-18-9-13-22(14-10-18)25(28,21-7-5-4-6-8-21)24-17-26-20(3)27(24)31(29,30)23-15-11-19(2)12-16-23/h4-17,28H,1-3H3. The molecule has 0 aliphatic carbocycles. The molecule has 0 aliphatic heterocycles. The van der Waals surface area contributed by atoms with Crippen molar-refractivity contribution in [1.29, 1.82) is 0 Å². The molecule has 158 valence electrons. The van der Waals surface area contributed by atoms with Crippen molar-refractivity contribution in [3.8, 4) is 0 Å². The van der Waals surface area contributed by atoms with Gasteiger partial charge in [0.15, 0.2) is 5.60 Å². The summed E-state index contributed by atoms with van der Waals surface area (Å²) in [5.41, 5.74) is 1.57. The molecule has 0 amide bonds. The summed E-state index contributed by atoms with van der Waals surface area (Å²) in [6.45, 7) is 5.48. The van der Waals surface area contributed by atoms with Crippen LogP contribution in [0.1, 0.15) is 33.8 Å². The highest BCUT2D eigenvalue weighted by Crippen LogP contribution is 2.38. The molecular formula is C25H24N2O3S. The molecule has 4 aromatic rings. The Labute approximate surface area is 182 Å². The van der Waals surface area contributed by atoms with Crippen molar-refractivity contribution < 1.29 is 13.5 Å². The van der Waals surface area contributed by atoms with Crippen LogP contribution in [0.15, 0.2) is 90.0 Å². The number of imidazole rings is 1. The summed E-state index contributed by atoms with van der Waals surface area (Å²) >= 11 is 0. The highest BCUT2D eigenvalue weighted by atomic mass is 32.2. The summed E-state index contributed by atoms with van der Waals surface area (Å²) < 4.78 is 28.4. The molecule has 0 saturated carbocycles. The number of hydrogen-bond acceptors (Lipinski definition) is 4. The highest BCUT2D eigenvalue weighted by molar-refractivity contribution is 7.90. The van der Waals surface area contributed by atoms with Crippen LogP contribution in [0, 0.1) is 20.8 Å². The lowest BCUT2D eigenvalue weighted by Crippen LogP contribution is -2.34. The van der Waals surface area contributed by atoms with Crippen LogP contribution in [-0.4, -0.2) is 22.5 Å². The molecule has 31 heavy (non-hydrogen) atoms. The van der Waals surface area contributed by atoms with Crippen LogP contribution >= 0.6 is 0 Å². The molecule has 0 spiro atoms. The molecular weight excluding hydrogens is 408 g/mol. The third kappa shape index (κ3) is 3.58. The molecule has 6 heteroatoms. The number of rotatable bonds is 5. The maximum Gasteiger partial charge on any atom is 0.269 e. The predicted octanol–water partition coefficient (Wildman–Crippen LogP) is 4.33. The van der Waals surface area contributed by atoms with Crippen molar-refractivity contribution in [2.75, 3.05) is 0 Å². The van der Waals surface area contributed by atoms with Gasteiger partial charge in [-0.05, 0) is 44.0 Å². The fourth-order valence-electron chi connectivity index (χ4n) is 3.73. The zero-order valence-corrected chi connectivity index (χ0v) is 18.5. The molecule has 0 bridgehead atoms. The molecule has 0 saturated heterocycles. The van der Waals surface area contributed by atoms with Crippen molar-refractivity contribution in [3.63, 3.8) is 0 Å². The van der Waals surface area contributed by atoms with Crippen LogP contribution in [0.5, 0.6) is 0 Å². The van der Waals surface area contributed by atoms with E-state index in [-0.39, 0.29) is 16.4 Å². The smallest absolute Gasteiger partial charge is 0.269 e. The van der Waals surface area contributed by atoms with Gasteiger partial charge in [0, 0.05) is 0 Å². The van der Waals surface area contributed by atoms with E-state index >= 15 is 0 Å². The fraction of sp³-hybridized carbons (Fsp3) is 0.160. The molecule has 1 atom stereocenters. The number of benzene rings is 3. The van der Waals surface area contributed by atoms with E-state index in [1.807, 2.05) is 56.3 Å². The van der Waals surface area contributed by atoms with E-state index < -0.39 is 15.6 Å². The lowest BCUT2D eigenvalue weighted by molar-refractivity contribution is 0.120. The Hall–Kier alpha value is -3.22. The van der Waals surface area contributed by atoms with Gasteiger partial charge in [0.25, 0.3) is 10.0 Å². The third-order valence-corrected chi connectivity index (χ3v) is 7.29. The Bertz CT molecular complexity index is 1310. The average Bonchev–Trinajstić information content (AvgIpc) is 3.17. The number of aryl methyl sites for hydroxylation is 3. The normalized spacial score (nSPS) is 13.7. The second kappa shape index (κ2) is 7.80. The molecule has 1 heterocycles. The van der Waals surface area contributed by atoms with Gasteiger partial charge in [-0.2, -0.15) is 0 Å². The Morgan fingerprint density at radius 1 is 0.774 bits per heavy atom. The summed E-state index contributed by atoms with van der Waals surface area (Å²) in [5, 5.41) is 12.1. The van der Waals surface area contributed by atoms with Crippen molar-refractivity contribution in [2.45, 2.75) is 31.3 Å². The van der Waals surface area contributed by atoms with Gasteiger partial charge in [-0.1, -0.05) is 77.9 Å². The Morgan fingerprint density at radius 2 is 1.29 bits per heavy atom. The molecule has 5 nitrogen and oxygen atoms in total. The maximum absolute atomic E-state index is 13.6. The summed E-state index contributed by atoms with van der Waals surface area (Å²) in [5.74, 6) is 0.275. The first-order valence-electron chi connectivity index (χ1n) is 9.96. The maximum atomic E-state index is 13.6. The average molecular weight is 433 g/mol. The molecule has 0 fully saturated rings. The molecule has 4 rings (SSSR count). The SMILES string of the molecule is Cc1ccc(C(O)(c2ccccc2)c2cnc(C)n2S(=O)(=O)c2ccc(C)cc2)cc1. The number of hydrogen-bond donors (Lipinski definition) is 1. The van der Waals surface area contributed by atoms with Crippen LogP contribution in [0.3, 0.4) is 0 Å². The summed E-state index contributed by atoms with van der Waals surface area (Å²) in [6.07, 6.45) is 1.44. The van der Waals surface area contributed by atoms with Crippen LogP contribution in [-0.2, 0) is 15.6 Å². The minimum Gasteiger partial charge on any atom is -0.374 e. The zero-order valence-electron chi connectivity index (χ0n) is 17.6. The van der Waals surface area contributed by atoms with Crippen LogP contribution < -0.4 is 0 Å². The second-order valence-electron chi connectivity index (χ2n) is 7.72. The van der Waals surface area contributed by atoms with Gasteiger partial charge in [-0.25, -0.2) is 17.4 Å². The van der Waals surface area contributed by atoms with Crippen LogP contribution in [0.4, 0.5) is 0 Å². The summed E-state index contributed by atoms with van der Waals surface area (Å²) in [7, 11) is -3.99. The minimum atomic E-state index is -3.99. The molecule has 0 aliphatic rings. The van der Waals surface area contributed by atoms with E-state index in [1.165, 1.54) is 6.20 Å². The molecule has 0 radical (unpaired) electrons. The van der Waals surface area contributed by atoms with Crippen molar-refractivity contribution in [1.82, 2.24) is 8.96 Å². The van der Waals surface area contributed by atoms with Crippen molar-refractivity contribution in [2.24, 2.45) is 0 Å². The van der Waals surface area contributed by atoms with Gasteiger partial charge in [0.1, 0.15) is 5.82 Å². The highest BCUT2D eigenvalue weighted by Gasteiger charge is 2.40. The second-order valence-corrected chi connectivity index (χ2v) is 9.50. The zero-order chi connectivity index (χ0) is 22.2. The van der Waals surface area contributed by atoms with Crippen LogP contribution in [0.2, 0.25) is 0 Å². The number of aliphatic hydroxyl groups is 1. The topological polar surface area (TPSA) is 72.2 Å². The Balaban J connectivity index is 2.01. The van der Waals surface area contributed by atoms with Gasteiger partial charge >= 0.3 is 0 Å². The minimum absolute atomic E-state index is 0.139. The van der Waals surface area contributed by atoms with Gasteiger partial charge < -0.3 is 5.11 Å². The van der Waals surface area contributed by atoms with Crippen LogP contribution in [0.25, 0.3) is 0 Å². The summed E-state index contributed by atoms with van der Waals surface area (Å²) in [6, 6.07) is 23.1. The Kier molecular flexibility index (Phi) is 5.29. The van der Waals surface area contributed by atoms with E-state index in [0.29, 0.717) is 11.1 Å². The molecule has 1 N–H and O–H groups in total. The number of nitrogens with zero attached hydrogens (tertiary/aromatic N) is 2. The van der Waals surface area contributed by atoms with E-state index in [1.54, 1.807) is 43.3 Å². The van der Waals surface area contributed by atoms with Gasteiger partial charge in [0.2, 0.25) is 0 Å². The summed E-state index contributed by atoms with van der Waals surface area (Å²) in [4.78, 5) is 4.42. The first-order chi connectivity index (χ1) is 14.7. The van der Waals surface area contributed by atoms with Crippen molar-refractivity contribution >= 4 is 10.0 Å². The van der Waals surface area contributed by atoms with Gasteiger partial charge in [-0.3, -0.25) is 0 Å². The van der Waals surface area contributed by atoms with Gasteiger partial charge in [0.05, 0.1) is 16.8 Å². The lowest BCUT2D eigenvalue weighted by atomic mass is 9.83. The van der Waals surface area contributed by atoms with E-state index in [9.17, 15) is 13.5 Å². The monoisotopic (exact) mass is 432 g/mol. The first-order valence-corrected chi connectivity index (χ1v) is 11.4. The Morgan fingerprint density at radius 3 is 1.87 bits per heavy atom. The lowest BCUT2D eigenvalue weighted by Gasteiger charge is -2.30. The molecule has 3 aromatic carbocycles. The number of aromatic nitrogens is 2. The largest absolute Gasteiger partial charge is 0.374 e. The molecule has 1 aromatic heterocycles. The van der Waals surface area contributed by atoms with Gasteiger partial charge in [-0.15, -0.1) is 0 Å². The predicted molar refractivity (Wildman–Crippen MR) is 120 cm³/mol. The van der Waals surface area contributed by atoms with E-state index in [0.717, 1.165) is 15.1 Å². The molecule has 1 unspecified atom stereocenters. The quantitative estimate of drug-likeness (QED) is 0.510. The van der Waals surface area contributed by atoms with E-state index in [4.69, 9.17) is 0 Å². The van der Waals surface area contributed by atoms with Crippen molar-refractivity contribution in [3.05, 3.63) is 119 Å². The fourth-order valence-corrected chi connectivity index (χ4v) is 5.25. The van der Waals surface area contributed by atoms with E-state index in [2.05, 4.69) is 4.98 Å².